The van der Waals surface area contributed by atoms with Crippen LogP contribution in [-0.4, -0.2) is 31.7 Å². The molecule has 7 heteroatoms. The monoisotopic (exact) mass is 283 g/mol. The van der Waals surface area contributed by atoms with Crippen molar-refractivity contribution in [3.05, 3.63) is 24.0 Å². The summed E-state index contributed by atoms with van der Waals surface area (Å²) in [6.07, 6.45) is 4.53. The zero-order chi connectivity index (χ0) is 14.1. The number of aliphatic hydroxyl groups is 1. The number of rotatable bonds is 8. The van der Waals surface area contributed by atoms with Gasteiger partial charge < -0.3 is 5.11 Å². The van der Waals surface area contributed by atoms with Gasteiger partial charge in [-0.1, -0.05) is 12.8 Å². The summed E-state index contributed by atoms with van der Waals surface area (Å²) in [6.45, 7) is 0.473. The van der Waals surface area contributed by atoms with Crippen LogP contribution in [-0.2, 0) is 10.0 Å². The molecule has 2 N–H and O–H groups in total. The van der Waals surface area contributed by atoms with Gasteiger partial charge in [0.2, 0.25) is 10.0 Å². The summed E-state index contributed by atoms with van der Waals surface area (Å²) < 4.78 is 26.4. The Kier molecular flexibility index (Phi) is 6.42. The SMILES string of the molecule is N#Cc1ncccc1S(=O)(=O)NCCCCCCO. The van der Waals surface area contributed by atoms with E-state index in [-0.39, 0.29) is 17.2 Å². The molecule has 0 aliphatic heterocycles. The maximum Gasteiger partial charge on any atom is 0.243 e. The first-order chi connectivity index (χ1) is 9.11. The molecule has 1 aromatic rings. The van der Waals surface area contributed by atoms with Crippen LogP contribution in [0, 0.1) is 11.3 Å². The molecule has 0 aromatic carbocycles. The molecular weight excluding hydrogens is 266 g/mol. The number of nitrogens with one attached hydrogen (secondary N) is 1. The fourth-order valence-corrected chi connectivity index (χ4v) is 2.75. The van der Waals surface area contributed by atoms with Crippen molar-refractivity contribution in [2.24, 2.45) is 0 Å². The Morgan fingerprint density at radius 1 is 1.32 bits per heavy atom. The smallest absolute Gasteiger partial charge is 0.243 e. The van der Waals surface area contributed by atoms with E-state index in [0.29, 0.717) is 13.0 Å². The topological polar surface area (TPSA) is 103 Å². The number of sulfonamides is 1. The van der Waals surface area contributed by atoms with Gasteiger partial charge in [0, 0.05) is 19.3 Å². The predicted molar refractivity (Wildman–Crippen MR) is 69.7 cm³/mol. The predicted octanol–water partition coefficient (Wildman–Crippen LogP) is 0.784. The minimum atomic E-state index is -3.68. The summed E-state index contributed by atoms with van der Waals surface area (Å²) >= 11 is 0. The Bertz CT molecular complexity index is 537. The number of unbranched alkanes of at least 4 members (excludes halogenated alkanes) is 3. The van der Waals surface area contributed by atoms with E-state index < -0.39 is 10.0 Å². The normalized spacial score (nSPS) is 11.2. The van der Waals surface area contributed by atoms with Crippen LogP contribution in [0.4, 0.5) is 0 Å². The largest absolute Gasteiger partial charge is 0.396 e. The van der Waals surface area contributed by atoms with Crippen LogP contribution in [0.25, 0.3) is 0 Å². The lowest BCUT2D eigenvalue weighted by molar-refractivity contribution is 0.282. The second-order valence-electron chi connectivity index (χ2n) is 4.00. The van der Waals surface area contributed by atoms with Crippen molar-refractivity contribution >= 4 is 10.0 Å². The molecule has 0 amide bonds. The number of nitrogens with zero attached hydrogens (tertiary/aromatic N) is 2. The lowest BCUT2D eigenvalue weighted by Crippen LogP contribution is -2.25. The molecule has 0 fully saturated rings. The van der Waals surface area contributed by atoms with E-state index >= 15 is 0 Å². The Balaban J connectivity index is 2.55. The quantitative estimate of drug-likeness (QED) is 0.686. The lowest BCUT2D eigenvalue weighted by Gasteiger charge is -2.07. The van der Waals surface area contributed by atoms with E-state index in [2.05, 4.69) is 9.71 Å². The number of pyridine rings is 1. The van der Waals surface area contributed by atoms with E-state index in [0.717, 1.165) is 19.3 Å². The molecule has 19 heavy (non-hydrogen) atoms. The fourth-order valence-electron chi connectivity index (χ4n) is 1.57. The number of nitriles is 1. The summed E-state index contributed by atoms with van der Waals surface area (Å²) in [5, 5.41) is 17.4. The van der Waals surface area contributed by atoms with Gasteiger partial charge in [0.15, 0.2) is 5.69 Å². The van der Waals surface area contributed by atoms with Crippen LogP contribution < -0.4 is 4.72 Å². The van der Waals surface area contributed by atoms with Gasteiger partial charge in [-0.3, -0.25) is 0 Å². The lowest BCUT2D eigenvalue weighted by atomic mass is 10.2. The first-order valence-electron chi connectivity index (χ1n) is 6.07. The number of hydrogen-bond acceptors (Lipinski definition) is 5. The van der Waals surface area contributed by atoms with Crippen LogP contribution >= 0.6 is 0 Å². The fraction of sp³-hybridized carbons (Fsp3) is 0.500. The van der Waals surface area contributed by atoms with E-state index in [9.17, 15) is 8.42 Å². The van der Waals surface area contributed by atoms with Crippen LogP contribution in [0.5, 0.6) is 0 Å². The highest BCUT2D eigenvalue weighted by Gasteiger charge is 2.18. The van der Waals surface area contributed by atoms with E-state index in [1.165, 1.54) is 18.3 Å². The standard InChI is InChI=1S/C12H17N3O3S/c13-10-11-12(6-5-7-14-11)19(17,18)15-8-3-1-2-4-9-16/h5-7,15-16H,1-4,8-9H2. The highest BCUT2D eigenvalue weighted by molar-refractivity contribution is 7.89. The zero-order valence-corrected chi connectivity index (χ0v) is 11.4. The summed E-state index contributed by atoms with van der Waals surface area (Å²) in [7, 11) is -3.68. The third-order valence-corrected chi connectivity index (χ3v) is 4.04. The number of aromatic nitrogens is 1. The molecule has 0 unspecified atom stereocenters. The van der Waals surface area contributed by atoms with Gasteiger partial charge >= 0.3 is 0 Å². The van der Waals surface area contributed by atoms with Crippen LogP contribution in [0.1, 0.15) is 31.4 Å². The van der Waals surface area contributed by atoms with Crippen LogP contribution in [0.15, 0.2) is 23.2 Å². The van der Waals surface area contributed by atoms with Crippen molar-refractivity contribution in [2.75, 3.05) is 13.2 Å². The molecule has 6 nitrogen and oxygen atoms in total. The first-order valence-corrected chi connectivity index (χ1v) is 7.56. The molecule has 104 valence electrons. The van der Waals surface area contributed by atoms with Crippen LogP contribution in [0.2, 0.25) is 0 Å². The van der Waals surface area contributed by atoms with Crippen molar-refractivity contribution in [1.29, 1.82) is 5.26 Å². The second-order valence-corrected chi connectivity index (χ2v) is 5.73. The number of aliphatic hydroxyl groups excluding tert-OH is 1. The molecule has 0 saturated carbocycles. The average Bonchev–Trinajstić information content (AvgIpc) is 2.42. The summed E-state index contributed by atoms with van der Waals surface area (Å²) in [6, 6.07) is 4.61. The third kappa shape index (κ3) is 4.95. The molecule has 0 aliphatic carbocycles. The van der Waals surface area contributed by atoms with Crippen molar-refractivity contribution in [3.63, 3.8) is 0 Å². The Hall–Kier alpha value is -1.49. The summed E-state index contributed by atoms with van der Waals surface area (Å²) in [5.41, 5.74) is -0.102. The molecular formula is C12H17N3O3S. The molecule has 1 heterocycles. The van der Waals surface area contributed by atoms with Gasteiger partial charge in [0.1, 0.15) is 11.0 Å². The van der Waals surface area contributed by atoms with E-state index in [4.69, 9.17) is 10.4 Å². The number of hydrogen-bond donors (Lipinski definition) is 2. The van der Waals surface area contributed by atoms with Gasteiger partial charge in [-0.25, -0.2) is 18.1 Å². The highest BCUT2D eigenvalue weighted by atomic mass is 32.2. The van der Waals surface area contributed by atoms with Gasteiger partial charge in [0.25, 0.3) is 0 Å². The van der Waals surface area contributed by atoms with E-state index in [1.807, 2.05) is 0 Å². The Labute approximate surface area is 113 Å². The minimum absolute atomic E-state index is 0.0899. The van der Waals surface area contributed by atoms with Gasteiger partial charge in [-0.2, -0.15) is 5.26 Å². The maximum atomic E-state index is 12.0. The molecule has 0 saturated heterocycles. The Morgan fingerprint density at radius 2 is 2.05 bits per heavy atom. The second kappa shape index (κ2) is 7.84. The molecule has 0 aliphatic rings. The molecule has 0 bridgehead atoms. The zero-order valence-electron chi connectivity index (χ0n) is 10.5. The van der Waals surface area contributed by atoms with Crippen LogP contribution in [0.3, 0.4) is 0 Å². The van der Waals surface area contributed by atoms with E-state index in [1.54, 1.807) is 6.07 Å². The molecule has 1 aromatic heterocycles. The maximum absolute atomic E-state index is 12.0. The third-order valence-electron chi connectivity index (χ3n) is 2.54. The summed E-state index contributed by atoms with van der Waals surface area (Å²) in [4.78, 5) is 3.63. The average molecular weight is 283 g/mol. The minimum Gasteiger partial charge on any atom is -0.396 e. The van der Waals surface area contributed by atoms with Crippen molar-refractivity contribution < 1.29 is 13.5 Å². The van der Waals surface area contributed by atoms with Gasteiger partial charge in [-0.15, -0.1) is 0 Å². The van der Waals surface area contributed by atoms with Crippen molar-refractivity contribution in [1.82, 2.24) is 9.71 Å². The highest BCUT2D eigenvalue weighted by Crippen LogP contribution is 2.11. The summed E-state index contributed by atoms with van der Waals surface area (Å²) in [5.74, 6) is 0. The first kappa shape index (κ1) is 15.6. The molecule has 0 radical (unpaired) electrons. The van der Waals surface area contributed by atoms with Gasteiger partial charge in [-0.05, 0) is 25.0 Å². The molecule has 1 rings (SSSR count). The van der Waals surface area contributed by atoms with Crippen molar-refractivity contribution in [3.8, 4) is 6.07 Å². The Morgan fingerprint density at radius 3 is 2.74 bits per heavy atom. The van der Waals surface area contributed by atoms with Crippen molar-refractivity contribution in [2.45, 2.75) is 30.6 Å². The molecule has 0 atom stereocenters. The molecule has 0 spiro atoms. The van der Waals surface area contributed by atoms with Gasteiger partial charge in [0.05, 0.1) is 0 Å².